The van der Waals surface area contributed by atoms with Gasteiger partial charge in [-0.25, -0.2) is 0 Å². The summed E-state index contributed by atoms with van der Waals surface area (Å²) in [6.07, 6.45) is 3.76. The van der Waals surface area contributed by atoms with E-state index < -0.39 is 0 Å². The molecule has 0 aliphatic heterocycles. The molecule has 2 aromatic rings. The van der Waals surface area contributed by atoms with Crippen LogP contribution in [0.2, 0.25) is 0 Å². The van der Waals surface area contributed by atoms with Crippen molar-refractivity contribution in [3.8, 4) is 0 Å². The van der Waals surface area contributed by atoms with E-state index in [-0.39, 0.29) is 0 Å². The minimum Gasteiger partial charge on any atom is -0.379 e. The van der Waals surface area contributed by atoms with Gasteiger partial charge in [-0.05, 0) is 30.0 Å². The first kappa shape index (κ1) is 12.6. The summed E-state index contributed by atoms with van der Waals surface area (Å²) in [7, 11) is 0. The highest BCUT2D eigenvalue weighted by molar-refractivity contribution is 5.50. The summed E-state index contributed by atoms with van der Waals surface area (Å²) in [4.78, 5) is 4.19. The van der Waals surface area contributed by atoms with Crippen LogP contribution in [0.3, 0.4) is 0 Å². The zero-order valence-electron chi connectivity index (χ0n) is 11.3. The molecule has 0 saturated heterocycles. The molecule has 0 spiro atoms. The average molecular weight is 240 g/mol. The van der Waals surface area contributed by atoms with E-state index in [1.165, 1.54) is 16.7 Å². The predicted molar refractivity (Wildman–Crippen MR) is 76.8 cm³/mol. The van der Waals surface area contributed by atoms with Crippen LogP contribution >= 0.6 is 0 Å². The topological polar surface area (TPSA) is 24.9 Å². The molecule has 1 heterocycles. The van der Waals surface area contributed by atoms with Crippen molar-refractivity contribution in [1.82, 2.24) is 4.98 Å². The van der Waals surface area contributed by atoms with Gasteiger partial charge in [0, 0.05) is 12.7 Å². The lowest BCUT2D eigenvalue weighted by Gasteiger charge is -2.14. The highest BCUT2D eigenvalue weighted by Gasteiger charge is 2.05. The van der Waals surface area contributed by atoms with Gasteiger partial charge in [-0.2, -0.15) is 0 Å². The SMILES string of the molecule is Cc1ccc(CNc2cnccc2C(C)C)cc1. The minimum absolute atomic E-state index is 0.508. The smallest absolute Gasteiger partial charge is 0.0564 e. The number of hydrogen-bond acceptors (Lipinski definition) is 2. The molecular formula is C16H20N2. The lowest BCUT2D eigenvalue weighted by atomic mass is 10.0. The van der Waals surface area contributed by atoms with Gasteiger partial charge in [0.1, 0.15) is 0 Å². The van der Waals surface area contributed by atoms with Crippen molar-refractivity contribution in [2.75, 3.05) is 5.32 Å². The fourth-order valence-electron chi connectivity index (χ4n) is 1.96. The van der Waals surface area contributed by atoms with Crippen molar-refractivity contribution in [2.24, 2.45) is 0 Å². The maximum atomic E-state index is 4.19. The van der Waals surface area contributed by atoms with Gasteiger partial charge in [-0.1, -0.05) is 43.7 Å². The van der Waals surface area contributed by atoms with Gasteiger partial charge in [-0.15, -0.1) is 0 Å². The standard InChI is InChI=1S/C16H20N2/c1-12(2)15-8-9-17-11-16(15)18-10-14-6-4-13(3)5-7-14/h4-9,11-12,18H,10H2,1-3H3. The number of benzene rings is 1. The van der Waals surface area contributed by atoms with Gasteiger partial charge in [0.2, 0.25) is 0 Å². The largest absolute Gasteiger partial charge is 0.379 e. The van der Waals surface area contributed by atoms with E-state index in [1.807, 2.05) is 12.4 Å². The quantitative estimate of drug-likeness (QED) is 0.869. The third-order valence-corrected chi connectivity index (χ3v) is 3.08. The van der Waals surface area contributed by atoms with Gasteiger partial charge in [-0.3, -0.25) is 4.98 Å². The number of hydrogen-bond donors (Lipinski definition) is 1. The Hall–Kier alpha value is -1.83. The second kappa shape index (κ2) is 5.67. The summed E-state index contributed by atoms with van der Waals surface area (Å²) >= 11 is 0. The van der Waals surface area contributed by atoms with Gasteiger partial charge in [0.15, 0.2) is 0 Å². The van der Waals surface area contributed by atoms with Gasteiger partial charge < -0.3 is 5.32 Å². The van der Waals surface area contributed by atoms with Crippen LogP contribution in [-0.2, 0) is 6.54 Å². The zero-order valence-corrected chi connectivity index (χ0v) is 11.3. The third kappa shape index (κ3) is 3.10. The first-order chi connectivity index (χ1) is 8.66. The summed E-state index contributed by atoms with van der Waals surface area (Å²) in [5, 5.41) is 3.47. The molecule has 94 valence electrons. The first-order valence-electron chi connectivity index (χ1n) is 6.40. The summed E-state index contributed by atoms with van der Waals surface area (Å²) in [6.45, 7) is 7.35. The number of nitrogens with one attached hydrogen (secondary N) is 1. The maximum Gasteiger partial charge on any atom is 0.0564 e. The van der Waals surface area contributed by atoms with Crippen molar-refractivity contribution in [3.05, 3.63) is 59.4 Å². The normalized spacial score (nSPS) is 10.7. The Labute approximate surface area is 109 Å². The molecule has 0 unspecified atom stereocenters. The Kier molecular flexibility index (Phi) is 3.98. The molecule has 0 saturated carbocycles. The number of pyridine rings is 1. The van der Waals surface area contributed by atoms with Crippen LogP contribution in [-0.4, -0.2) is 4.98 Å². The summed E-state index contributed by atoms with van der Waals surface area (Å²) in [6, 6.07) is 10.7. The molecule has 0 aliphatic carbocycles. The number of aromatic nitrogens is 1. The molecule has 2 heteroatoms. The van der Waals surface area contributed by atoms with Crippen molar-refractivity contribution < 1.29 is 0 Å². The van der Waals surface area contributed by atoms with Crippen LogP contribution in [0, 0.1) is 6.92 Å². The highest BCUT2D eigenvalue weighted by Crippen LogP contribution is 2.23. The molecule has 1 N–H and O–H groups in total. The molecule has 0 fully saturated rings. The number of rotatable bonds is 4. The van der Waals surface area contributed by atoms with E-state index >= 15 is 0 Å². The number of nitrogens with zero attached hydrogens (tertiary/aromatic N) is 1. The number of aryl methyl sites for hydroxylation is 1. The Morgan fingerprint density at radius 2 is 1.83 bits per heavy atom. The summed E-state index contributed by atoms with van der Waals surface area (Å²) < 4.78 is 0. The van der Waals surface area contributed by atoms with Crippen LogP contribution in [0.25, 0.3) is 0 Å². The molecule has 0 atom stereocenters. The van der Waals surface area contributed by atoms with Crippen LogP contribution in [0.1, 0.15) is 36.5 Å². The van der Waals surface area contributed by atoms with Crippen LogP contribution in [0.15, 0.2) is 42.7 Å². The maximum absolute atomic E-state index is 4.19. The minimum atomic E-state index is 0.508. The molecular weight excluding hydrogens is 220 g/mol. The Bertz CT molecular complexity index is 501. The van der Waals surface area contributed by atoms with Crippen LogP contribution in [0.4, 0.5) is 5.69 Å². The number of anilines is 1. The molecule has 0 bridgehead atoms. The zero-order chi connectivity index (χ0) is 13.0. The first-order valence-corrected chi connectivity index (χ1v) is 6.40. The van der Waals surface area contributed by atoms with Gasteiger partial charge >= 0.3 is 0 Å². The highest BCUT2D eigenvalue weighted by atomic mass is 14.9. The van der Waals surface area contributed by atoms with Crippen LogP contribution in [0.5, 0.6) is 0 Å². The average Bonchev–Trinajstić information content (AvgIpc) is 2.38. The van der Waals surface area contributed by atoms with Crippen molar-refractivity contribution in [1.29, 1.82) is 0 Å². The Balaban J connectivity index is 2.08. The summed E-state index contributed by atoms with van der Waals surface area (Å²) in [5.74, 6) is 0.508. The lowest BCUT2D eigenvalue weighted by molar-refractivity contribution is 0.861. The van der Waals surface area contributed by atoms with E-state index in [1.54, 1.807) is 0 Å². The summed E-state index contributed by atoms with van der Waals surface area (Å²) in [5.41, 5.74) is 5.03. The lowest BCUT2D eigenvalue weighted by Crippen LogP contribution is -2.03. The Morgan fingerprint density at radius 3 is 2.50 bits per heavy atom. The van der Waals surface area contributed by atoms with E-state index in [0.29, 0.717) is 5.92 Å². The third-order valence-electron chi connectivity index (χ3n) is 3.08. The molecule has 2 nitrogen and oxygen atoms in total. The van der Waals surface area contributed by atoms with Crippen molar-refractivity contribution in [2.45, 2.75) is 33.2 Å². The van der Waals surface area contributed by atoms with Crippen molar-refractivity contribution >= 4 is 5.69 Å². The van der Waals surface area contributed by atoms with E-state index in [4.69, 9.17) is 0 Å². The molecule has 18 heavy (non-hydrogen) atoms. The monoisotopic (exact) mass is 240 g/mol. The second-order valence-corrected chi connectivity index (χ2v) is 4.96. The second-order valence-electron chi connectivity index (χ2n) is 4.96. The molecule has 0 aliphatic rings. The molecule has 1 aromatic carbocycles. The molecule has 0 amide bonds. The molecule has 0 radical (unpaired) electrons. The van der Waals surface area contributed by atoms with E-state index in [0.717, 1.165) is 12.2 Å². The van der Waals surface area contributed by atoms with Crippen molar-refractivity contribution in [3.63, 3.8) is 0 Å². The van der Waals surface area contributed by atoms with E-state index in [9.17, 15) is 0 Å². The van der Waals surface area contributed by atoms with E-state index in [2.05, 4.69) is 61.4 Å². The Morgan fingerprint density at radius 1 is 1.11 bits per heavy atom. The predicted octanol–water partition coefficient (Wildman–Crippen LogP) is 4.13. The molecule has 2 rings (SSSR count). The van der Waals surface area contributed by atoms with Crippen LogP contribution < -0.4 is 5.32 Å². The fraction of sp³-hybridized carbons (Fsp3) is 0.312. The fourth-order valence-corrected chi connectivity index (χ4v) is 1.96. The molecule has 1 aromatic heterocycles. The van der Waals surface area contributed by atoms with Gasteiger partial charge in [0.25, 0.3) is 0 Å². The van der Waals surface area contributed by atoms with Gasteiger partial charge in [0.05, 0.1) is 11.9 Å².